The number of hydrogen-bond acceptors (Lipinski definition) is 4. The largest absolute Gasteiger partial charge is 0.478 e. The van der Waals surface area contributed by atoms with E-state index in [9.17, 15) is 4.79 Å². The van der Waals surface area contributed by atoms with Crippen LogP contribution in [0.5, 0.6) is 0 Å². The number of hydrogen-bond donors (Lipinski definition) is 2. The predicted molar refractivity (Wildman–Crippen MR) is 78.6 cm³/mol. The minimum absolute atomic E-state index is 0.216. The molecule has 5 heteroatoms. The van der Waals surface area contributed by atoms with E-state index in [1.54, 1.807) is 30.5 Å². The number of aromatic carboxylic acids is 1. The molecule has 0 aliphatic carbocycles. The number of furan rings is 1. The maximum atomic E-state index is 11.1. The summed E-state index contributed by atoms with van der Waals surface area (Å²) in [6, 6.07) is 8.59. The van der Waals surface area contributed by atoms with Gasteiger partial charge in [-0.2, -0.15) is 0 Å². The lowest BCUT2D eigenvalue weighted by molar-refractivity contribution is 0.0697. The highest BCUT2D eigenvalue weighted by molar-refractivity contribution is 5.91. The first-order valence-corrected chi connectivity index (χ1v) is 7.01. The number of anilines is 1. The Labute approximate surface area is 122 Å². The van der Waals surface area contributed by atoms with Gasteiger partial charge in [0, 0.05) is 24.4 Å². The Bertz CT molecular complexity index is 615. The third kappa shape index (κ3) is 3.08. The van der Waals surface area contributed by atoms with Crippen molar-refractivity contribution < 1.29 is 19.1 Å². The van der Waals surface area contributed by atoms with Crippen molar-refractivity contribution in [2.75, 3.05) is 18.5 Å². The van der Waals surface area contributed by atoms with Crippen molar-refractivity contribution in [1.29, 1.82) is 0 Å². The Morgan fingerprint density at radius 2 is 2.29 bits per heavy atom. The molecule has 1 fully saturated rings. The molecule has 0 bridgehead atoms. The van der Waals surface area contributed by atoms with Crippen LogP contribution in [0.1, 0.15) is 23.2 Å². The zero-order chi connectivity index (χ0) is 14.7. The van der Waals surface area contributed by atoms with Crippen molar-refractivity contribution in [2.24, 2.45) is 0 Å². The molecule has 0 spiro atoms. The van der Waals surface area contributed by atoms with Gasteiger partial charge in [-0.3, -0.25) is 0 Å². The molecule has 2 N–H and O–H groups in total. The molecule has 1 saturated heterocycles. The SMILES string of the molecule is O=C(O)c1ccc(NCC2CCCO2)c(-c2ccco2)c1. The Balaban J connectivity index is 1.85. The molecule has 21 heavy (non-hydrogen) atoms. The highest BCUT2D eigenvalue weighted by Gasteiger charge is 2.17. The van der Waals surface area contributed by atoms with Crippen LogP contribution >= 0.6 is 0 Å². The van der Waals surface area contributed by atoms with Crippen LogP contribution in [0.3, 0.4) is 0 Å². The number of carbonyl (C=O) groups is 1. The number of nitrogens with one attached hydrogen (secondary N) is 1. The molecular formula is C16H17NO4. The summed E-state index contributed by atoms with van der Waals surface area (Å²) >= 11 is 0. The van der Waals surface area contributed by atoms with Crippen LogP contribution in [-0.2, 0) is 4.74 Å². The Hall–Kier alpha value is -2.27. The van der Waals surface area contributed by atoms with Crippen LogP contribution in [0.15, 0.2) is 41.0 Å². The average molecular weight is 287 g/mol. The standard InChI is InChI=1S/C16H17NO4/c18-16(19)11-5-6-14(17-10-12-3-1-7-20-12)13(9-11)15-4-2-8-21-15/h2,4-6,8-9,12,17H,1,3,7,10H2,(H,18,19). The summed E-state index contributed by atoms with van der Waals surface area (Å²) in [5.74, 6) is -0.304. The van der Waals surface area contributed by atoms with E-state index in [2.05, 4.69) is 5.32 Å². The van der Waals surface area contributed by atoms with Crippen molar-refractivity contribution in [3.8, 4) is 11.3 Å². The quantitative estimate of drug-likeness (QED) is 0.883. The summed E-state index contributed by atoms with van der Waals surface area (Å²) < 4.78 is 11.0. The summed E-state index contributed by atoms with van der Waals surface area (Å²) in [7, 11) is 0. The molecule has 1 unspecified atom stereocenters. The molecular weight excluding hydrogens is 270 g/mol. The minimum Gasteiger partial charge on any atom is -0.478 e. The number of benzene rings is 1. The zero-order valence-electron chi connectivity index (χ0n) is 11.5. The fourth-order valence-electron chi connectivity index (χ4n) is 2.50. The van der Waals surface area contributed by atoms with Gasteiger partial charge >= 0.3 is 5.97 Å². The molecule has 0 amide bonds. The van der Waals surface area contributed by atoms with Gasteiger partial charge in [-0.25, -0.2) is 4.79 Å². The van der Waals surface area contributed by atoms with Crippen molar-refractivity contribution in [3.05, 3.63) is 42.2 Å². The zero-order valence-corrected chi connectivity index (χ0v) is 11.5. The third-order valence-electron chi connectivity index (χ3n) is 3.60. The topological polar surface area (TPSA) is 71.7 Å². The van der Waals surface area contributed by atoms with E-state index in [4.69, 9.17) is 14.3 Å². The lowest BCUT2D eigenvalue weighted by Gasteiger charge is -2.15. The smallest absolute Gasteiger partial charge is 0.335 e. The molecule has 2 heterocycles. The lowest BCUT2D eigenvalue weighted by atomic mass is 10.1. The van der Waals surface area contributed by atoms with E-state index in [-0.39, 0.29) is 11.7 Å². The molecule has 3 rings (SSSR count). The van der Waals surface area contributed by atoms with Crippen LogP contribution in [0.25, 0.3) is 11.3 Å². The van der Waals surface area contributed by atoms with Crippen molar-refractivity contribution in [1.82, 2.24) is 0 Å². The fraction of sp³-hybridized carbons (Fsp3) is 0.312. The van der Waals surface area contributed by atoms with Gasteiger partial charge in [-0.05, 0) is 43.2 Å². The maximum absolute atomic E-state index is 11.1. The normalized spacial score (nSPS) is 17.8. The Kier molecular flexibility index (Phi) is 3.92. The van der Waals surface area contributed by atoms with Crippen LogP contribution in [0.2, 0.25) is 0 Å². The maximum Gasteiger partial charge on any atom is 0.335 e. The van der Waals surface area contributed by atoms with E-state index in [0.29, 0.717) is 12.3 Å². The van der Waals surface area contributed by atoms with Gasteiger partial charge in [-0.1, -0.05) is 0 Å². The molecule has 5 nitrogen and oxygen atoms in total. The number of ether oxygens (including phenoxy) is 1. The summed E-state index contributed by atoms with van der Waals surface area (Å²) in [6.45, 7) is 1.52. The van der Waals surface area contributed by atoms with Crippen molar-refractivity contribution in [2.45, 2.75) is 18.9 Å². The van der Waals surface area contributed by atoms with Crippen LogP contribution in [-0.4, -0.2) is 30.3 Å². The molecule has 110 valence electrons. The average Bonchev–Trinajstić information content (AvgIpc) is 3.18. The minimum atomic E-state index is -0.950. The summed E-state index contributed by atoms with van der Waals surface area (Å²) in [4.78, 5) is 11.1. The van der Waals surface area contributed by atoms with Gasteiger partial charge in [0.05, 0.1) is 17.9 Å². The first-order chi connectivity index (χ1) is 10.2. The molecule has 1 aliphatic rings. The molecule has 1 aromatic heterocycles. The number of carboxylic acids is 1. The van der Waals surface area contributed by atoms with Crippen molar-refractivity contribution >= 4 is 11.7 Å². The highest BCUT2D eigenvalue weighted by Crippen LogP contribution is 2.30. The second-order valence-corrected chi connectivity index (χ2v) is 5.06. The number of carboxylic acid groups (broad SMARTS) is 1. The van der Waals surface area contributed by atoms with Crippen LogP contribution in [0.4, 0.5) is 5.69 Å². The molecule has 0 saturated carbocycles. The van der Waals surface area contributed by atoms with Gasteiger partial charge in [0.15, 0.2) is 0 Å². The summed E-state index contributed by atoms with van der Waals surface area (Å²) in [5, 5.41) is 12.5. The van der Waals surface area contributed by atoms with Crippen LogP contribution < -0.4 is 5.32 Å². The second-order valence-electron chi connectivity index (χ2n) is 5.06. The van der Waals surface area contributed by atoms with E-state index in [1.807, 2.05) is 6.07 Å². The Morgan fingerprint density at radius 1 is 1.38 bits per heavy atom. The molecule has 0 radical (unpaired) electrons. The Morgan fingerprint density at radius 3 is 2.95 bits per heavy atom. The molecule has 1 aliphatic heterocycles. The third-order valence-corrected chi connectivity index (χ3v) is 3.60. The summed E-state index contributed by atoms with van der Waals surface area (Å²) in [6.07, 6.45) is 3.94. The van der Waals surface area contributed by atoms with Crippen molar-refractivity contribution in [3.63, 3.8) is 0 Å². The van der Waals surface area contributed by atoms with Gasteiger partial charge in [0.25, 0.3) is 0 Å². The van der Waals surface area contributed by atoms with Crippen LogP contribution in [0, 0.1) is 0 Å². The van der Waals surface area contributed by atoms with E-state index < -0.39 is 5.97 Å². The van der Waals surface area contributed by atoms with Gasteiger partial charge in [-0.15, -0.1) is 0 Å². The number of rotatable bonds is 5. The predicted octanol–water partition coefficient (Wildman–Crippen LogP) is 3.24. The lowest BCUT2D eigenvalue weighted by Crippen LogP contribution is -2.18. The van der Waals surface area contributed by atoms with Gasteiger partial charge < -0.3 is 19.6 Å². The first-order valence-electron chi connectivity index (χ1n) is 7.01. The van der Waals surface area contributed by atoms with Gasteiger partial charge in [0.2, 0.25) is 0 Å². The van der Waals surface area contributed by atoms with E-state index >= 15 is 0 Å². The van der Waals surface area contributed by atoms with E-state index in [0.717, 1.165) is 30.7 Å². The van der Waals surface area contributed by atoms with E-state index in [1.165, 1.54) is 0 Å². The highest BCUT2D eigenvalue weighted by atomic mass is 16.5. The van der Waals surface area contributed by atoms with Gasteiger partial charge in [0.1, 0.15) is 5.76 Å². The molecule has 1 aromatic carbocycles. The molecule has 1 atom stereocenters. The fourth-order valence-corrected chi connectivity index (χ4v) is 2.50. The molecule has 2 aromatic rings. The summed E-state index contributed by atoms with van der Waals surface area (Å²) in [5.41, 5.74) is 1.84. The monoisotopic (exact) mass is 287 g/mol. The first kappa shape index (κ1) is 13.7. The second kappa shape index (κ2) is 6.01.